The predicted octanol–water partition coefficient (Wildman–Crippen LogP) is 1.29. The standard InChI is InChI=1S/C20H29N5O6S/c1-5-31-19(26)15-13-23-20(22-10-11-24-32(4,27)28)25-18(15)21-9-8-14-6-7-16(29-2)17(12-14)30-3/h6-7,12-13,24H,5,8-11H2,1-4H3,(H2,21,22,23,25). The minimum atomic E-state index is -3.28. The van der Waals surface area contributed by atoms with Crippen LogP contribution in [-0.4, -0.2) is 71.1 Å². The summed E-state index contributed by atoms with van der Waals surface area (Å²) in [5.41, 5.74) is 1.21. The molecule has 0 bridgehead atoms. The number of hydrogen-bond acceptors (Lipinski definition) is 10. The van der Waals surface area contributed by atoms with Crippen LogP contribution in [0.25, 0.3) is 0 Å². The number of carbonyl (C=O) groups excluding carboxylic acids is 1. The third-order valence-electron chi connectivity index (χ3n) is 4.21. The number of nitrogens with one attached hydrogen (secondary N) is 3. The first kappa shape index (κ1) is 25.1. The number of carbonyl (C=O) groups is 1. The molecule has 0 radical (unpaired) electrons. The number of hydrogen-bond donors (Lipinski definition) is 3. The monoisotopic (exact) mass is 467 g/mol. The summed E-state index contributed by atoms with van der Waals surface area (Å²) in [5, 5.41) is 6.07. The second kappa shape index (κ2) is 12.1. The van der Waals surface area contributed by atoms with Crippen molar-refractivity contribution in [2.45, 2.75) is 13.3 Å². The van der Waals surface area contributed by atoms with Gasteiger partial charge < -0.3 is 24.8 Å². The molecular formula is C20H29N5O6S. The Bertz CT molecular complexity index is 1020. The van der Waals surface area contributed by atoms with E-state index >= 15 is 0 Å². The normalized spacial score (nSPS) is 11.0. The number of sulfonamides is 1. The third kappa shape index (κ3) is 7.85. The molecule has 32 heavy (non-hydrogen) atoms. The Labute approximate surface area is 187 Å². The molecule has 0 fully saturated rings. The van der Waals surface area contributed by atoms with Gasteiger partial charge in [-0.15, -0.1) is 0 Å². The first-order valence-corrected chi connectivity index (χ1v) is 11.8. The van der Waals surface area contributed by atoms with E-state index in [0.717, 1.165) is 11.8 Å². The molecule has 0 aliphatic heterocycles. The van der Waals surface area contributed by atoms with Crippen molar-refractivity contribution in [3.63, 3.8) is 0 Å². The number of esters is 1. The van der Waals surface area contributed by atoms with Gasteiger partial charge in [-0.1, -0.05) is 6.07 Å². The molecule has 0 atom stereocenters. The molecular weight excluding hydrogens is 438 g/mol. The average Bonchev–Trinajstić information content (AvgIpc) is 2.76. The molecule has 2 aromatic rings. The SMILES string of the molecule is CCOC(=O)c1cnc(NCCNS(C)(=O)=O)nc1NCCc1ccc(OC)c(OC)c1. The highest BCUT2D eigenvalue weighted by atomic mass is 32.2. The topological polar surface area (TPSA) is 141 Å². The fourth-order valence-electron chi connectivity index (χ4n) is 2.73. The number of ether oxygens (including phenoxy) is 3. The lowest BCUT2D eigenvalue weighted by Crippen LogP contribution is -2.28. The number of anilines is 2. The first-order chi connectivity index (χ1) is 15.3. The van der Waals surface area contributed by atoms with E-state index in [2.05, 4.69) is 25.3 Å². The number of rotatable bonds is 13. The number of aromatic nitrogens is 2. The number of benzene rings is 1. The molecule has 0 unspecified atom stereocenters. The van der Waals surface area contributed by atoms with E-state index < -0.39 is 16.0 Å². The largest absolute Gasteiger partial charge is 0.493 e. The maximum Gasteiger partial charge on any atom is 0.343 e. The molecule has 1 heterocycles. The van der Waals surface area contributed by atoms with Crippen LogP contribution < -0.4 is 24.8 Å². The van der Waals surface area contributed by atoms with Crippen LogP contribution in [0.5, 0.6) is 11.5 Å². The van der Waals surface area contributed by atoms with Crippen molar-refractivity contribution in [2.75, 3.05) is 57.4 Å². The van der Waals surface area contributed by atoms with E-state index in [4.69, 9.17) is 14.2 Å². The van der Waals surface area contributed by atoms with Crippen LogP contribution >= 0.6 is 0 Å². The van der Waals surface area contributed by atoms with E-state index in [9.17, 15) is 13.2 Å². The maximum absolute atomic E-state index is 12.3. The van der Waals surface area contributed by atoms with Gasteiger partial charge in [0, 0.05) is 25.8 Å². The molecule has 0 spiro atoms. The van der Waals surface area contributed by atoms with Crippen LogP contribution in [0.15, 0.2) is 24.4 Å². The lowest BCUT2D eigenvalue weighted by molar-refractivity contribution is 0.0526. The molecule has 12 heteroatoms. The fraction of sp³-hybridized carbons (Fsp3) is 0.450. The van der Waals surface area contributed by atoms with Crippen LogP contribution in [-0.2, 0) is 21.2 Å². The third-order valence-corrected chi connectivity index (χ3v) is 4.94. The molecule has 0 aliphatic carbocycles. The molecule has 0 saturated heterocycles. The second-order valence-corrected chi connectivity index (χ2v) is 8.47. The van der Waals surface area contributed by atoms with Crippen molar-refractivity contribution in [3.8, 4) is 11.5 Å². The molecule has 1 aromatic heterocycles. The first-order valence-electron chi connectivity index (χ1n) is 9.94. The van der Waals surface area contributed by atoms with Crippen molar-refractivity contribution >= 4 is 27.8 Å². The molecule has 1 aromatic carbocycles. The Morgan fingerprint density at radius 2 is 1.81 bits per heavy atom. The number of nitrogens with zero attached hydrogens (tertiary/aromatic N) is 2. The Hall–Kier alpha value is -3.12. The summed E-state index contributed by atoms with van der Waals surface area (Å²) in [5.74, 6) is 1.31. The van der Waals surface area contributed by atoms with Crippen LogP contribution in [0.1, 0.15) is 22.8 Å². The van der Waals surface area contributed by atoms with Gasteiger partial charge in [-0.25, -0.2) is 22.9 Å². The zero-order valence-corrected chi connectivity index (χ0v) is 19.4. The van der Waals surface area contributed by atoms with Gasteiger partial charge in [-0.2, -0.15) is 4.98 Å². The highest BCUT2D eigenvalue weighted by Crippen LogP contribution is 2.27. The van der Waals surface area contributed by atoms with Crippen molar-refractivity contribution in [1.29, 1.82) is 0 Å². The molecule has 3 N–H and O–H groups in total. The second-order valence-electron chi connectivity index (χ2n) is 6.64. The van der Waals surface area contributed by atoms with E-state index in [1.807, 2.05) is 18.2 Å². The zero-order chi connectivity index (χ0) is 23.6. The van der Waals surface area contributed by atoms with Gasteiger partial charge >= 0.3 is 5.97 Å². The molecule has 11 nitrogen and oxygen atoms in total. The van der Waals surface area contributed by atoms with Gasteiger partial charge in [-0.05, 0) is 31.0 Å². The Kier molecular flexibility index (Phi) is 9.47. The van der Waals surface area contributed by atoms with Crippen LogP contribution in [0, 0.1) is 0 Å². The van der Waals surface area contributed by atoms with E-state index in [1.165, 1.54) is 6.20 Å². The smallest absolute Gasteiger partial charge is 0.343 e. The highest BCUT2D eigenvalue weighted by Gasteiger charge is 2.16. The van der Waals surface area contributed by atoms with Gasteiger partial charge in [0.15, 0.2) is 11.5 Å². The van der Waals surface area contributed by atoms with Crippen molar-refractivity contribution < 1.29 is 27.4 Å². The summed E-state index contributed by atoms with van der Waals surface area (Å²) in [6, 6.07) is 5.64. The summed E-state index contributed by atoms with van der Waals surface area (Å²) in [6.45, 7) is 2.86. The summed E-state index contributed by atoms with van der Waals surface area (Å²) in [4.78, 5) is 20.7. The molecule has 0 aliphatic rings. The zero-order valence-electron chi connectivity index (χ0n) is 18.6. The van der Waals surface area contributed by atoms with E-state index in [1.54, 1.807) is 21.1 Å². The minimum absolute atomic E-state index is 0.171. The van der Waals surface area contributed by atoms with Crippen LogP contribution in [0.4, 0.5) is 11.8 Å². The van der Waals surface area contributed by atoms with Crippen molar-refractivity contribution in [2.24, 2.45) is 0 Å². The molecule has 0 saturated carbocycles. The summed E-state index contributed by atoms with van der Waals surface area (Å²) >= 11 is 0. The van der Waals surface area contributed by atoms with Gasteiger partial charge in [0.1, 0.15) is 11.4 Å². The Morgan fingerprint density at radius 1 is 1.06 bits per heavy atom. The molecule has 176 valence electrons. The molecule has 2 rings (SSSR count). The van der Waals surface area contributed by atoms with Gasteiger partial charge in [0.2, 0.25) is 16.0 Å². The van der Waals surface area contributed by atoms with Crippen molar-refractivity contribution in [1.82, 2.24) is 14.7 Å². The highest BCUT2D eigenvalue weighted by molar-refractivity contribution is 7.88. The summed E-state index contributed by atoms with van der Waals surface area (Å²) in [6.07, 6.45) is 3.09. The predicted molar refractivity (Wildman–Crippen MR) is 121 cm³/mol. The fourth-order valence-corrected chi connectivity index (χ4v) is 3.20. The Balaban J connectivity index is 2.08. The van der Waals surface area contributed by atoms with Crippen LogP contribution in [0.3, 0.4) is 0 Å². The van der Waals surface area contributed by atoms with Gasteiger partial charge in [-0.3, -0.25) is 0 Å². The van der Waals surface area contributed by atoms with Crippen molar-refractivity contribution in [3.05, 3.63) is 35.5 Å². The number of methoxy groups -OCH3 is 2. The van der Waals surface area contributed by atoms with E-state index in [-0.39, 0.29) is 31.2 Å². The Morgan fingerprint density at radius 3 is 2.47 bits per heavy atom. The maximum atomic E-state index is 12.3. The lowest BCUT2D eigenvalue weighted by atomic mass is 10.1. The van der Waals surface area contributed by atoms with Gasteiger partial charge in [0.25, 0.3) is 0 Å². The minimum Gasteiger partial charge on any atom is -0.493 e. The summed E-state index contributed by atoms with van der Waals surface area (Å²) in [7, 11) is -0.127. The summed E-state index contributed by atoms with van der Waals surface area (Å²) < 4.78 is 40.3. The molecule has 0 amide bonds. The van der Waals surface area contributed by atoms with Gasteiger partial charge in [0.05, 0.1) is 27.1 Å². The lowest BCUT2D eigenvalue weighted by Gasteiger charge is -2.13. The van der Waals surface area contributed by atoms with E-state index in [0.29, 0.717) is 30.3 Å². The quantitative estimate of drug-likeness (QED) is 0.291. The average molecular weight is 468 g/mol. The van der Waals surface area contributed by atoms with Crippen LogP contribution in [0.2, 0.25) is 0 Å².